The minimum atomic E-state index is -4.45. The fourth-order valence-electron chi connectivity index (χ4n) is 2.42. The van der Waals surface area contributed by atoms with Gasteiger partial charge in [-0.25, -0.2) is 0 Å². The number of hydrogen-bond acceptors (Lipinski definition) is 5. The van der Waals surface area contributed by atoms with Gasteiger partial charge in [0.15, 0.2) is 11.0 Å². The van der Waals surface area contributed by atoms with Crippen LogP contribution in [0.25, 0.3) is 0 Å². The van der Waals surface area contributed by atoms with Crippen molar-refractivity contribution < 1.29 is 22.7 Å². The molecule has 164 valence electrons. The van der Waals surface area contributed by atoms with Gasteiger partial charge in [-0.2, -0.15) is 13.2 Å². The number of halogens is 5. The predicted octanol–water partition coefficient (Wildman–Crippen LogP) is 5.45. The Labute approximate surface area is 189 Å². The highest BCUT2D eigenvalue weighted by Gasteiger charge is 2.30. The topological polar surface area (TPSA) is 69.0 Å². The number of carbonyl (C=O) groups excluding carboxylic acids is 1. The Hall–Kier alpha value is -2.43. The molecule has 2 aromatic carbocycles. The summed E-state index contributed by atoms with van der Waals surface area (Å²) in [5.41, 5.74) is -0.405. The minimum absolute atomic E-state index is 0.0311. The van der Waals surface area contributed by atoms with Crippen LogP contribution >= 0.6 is 35.0 Å². The van der Waals surface area contributed by atoms with Gasteiger partial charge in [0, 0.05) is 7.05 Å². The van der Waals surface area contributed by atoms with Crippen molar-refractivity contribution in [1.29, 1.82) is 0 Å². The second kappa shape index (κ2) is 9.80. The van der Waals surface area contributed by atoms with Gasteiger partial charge in [0.05, 0.1) is 27.0 Å². The highest BCUT2D eigenvalue weighted by Crippen LogP contribution is 2.32. The van der Waals surface area contributed by atoms with Crippen LogP contribution in [-0.2, 0) is 24.6 Å². The second-order valence-corrected chi connectivity index (χ2v) is 7.94. The first-order valence-corrected chi connectivity index (χ1v) is 10.4. The van der Waals surface area contributed by atoms with Crippen molar-refractivity contribution in [2.24, 2.45) is 7.05 Å². The van der Waals surface area contributed by atoms with Crippen molar-refractivity contribution in [2.75, 3.05) is 11.1 Å². The molecule has 31 heavy (non-hydrogen) atoms. The molecule has 0 saturated carbocycles. The Bertz CT molecular complexity index is 1090. The Morgan fingerprint density at radius 1 is 1.19 bits per heavy atom. The molecule has 0 fully saturated rings. The molecule has 1 N–H and O–H groups in total. The van der Waals surface area contributed by atoms with E-state index in [1.807, 2.05) is 0 Å². The first-order chi connectivity index (χ1) is 14.6. The fraction of sp³-hybridized carbons (Fsp3) is 0.211. The first kappa shape index (κ1) is 23.2. The molecule has 0 unspecified atom stereocenters. The highest BCUT2D eigenvalue weighted by atomic mass is 35.5. The van der Waals surface area contributed by atoms with E-state index in [2.05, 4.69) is 15.5 Å². The summed E-state index contributed by atoms with van der Waals surface area (Å²) < 4.78 is 45.4. The van der Waals surface area contributed by atoms with Gasteiger partial charge in [0.1, 0.15) is 12.4 Å². The number of ether oxygens (including phenoxy) is 1. The summed E-state index contributed by atoms with van der Waals surface area (Å²) in [6, 6.07) is 9.46. The van der Waals surface area contributed by atoms with Crippen molar-refractivity contribution >= 4 is 46.6 Å². The third-order valence-electron chi connectivity index (χ3n) is 4.01. The molecule has 0 saturated heterocycles. The Morgan fingerprint density at radius 2 is 1.94 bits per heavy atom. The van der Waals surface area contributed by atoms with Crippen molar-refractivity contribution in [3.05, 3.63) is 63.9 Å². The Kier molecular flexibility index (Phi) is 7.34. The summed E-state index contributed by atoms with van der Waals surface area (Å²) in [4.78, 5) is 12.2. The maximum atomic E-state index is 12.8. The molecule has 0 aliphatic rings. The highest BCUT2D eigenvalue weighted by molar-refractivity contribution is 7.99. The molecule has 3 rings (SSSR count). The average molecular weight is 491 g/mol. The zero-order valence-electron chi connectivity index (χ0n) is 15.9. The van der Waals surface area contributed by atoms with Gasteiger partial charge in [0.2, 0.25) is 5.91 Å². The maximum absolute atomic E-state index is 12.8. The monoisotopic (exact) mass is 490 g/mol. The molecule has 0 aliphatic carbocycles. The van der Waals surface area contributed by atoms with Crippen LogP contribution in [0, 0.1) is 0 Å². The van der Waals surface area contributed by atoms with E-state index in [1.54, 1.807) is 29.8 Å². The van der Waals surface area contributed by atoms with Crippen molar-refractivity contribution in [1.82, 2.24) is 14.8 Å². The first-order valence-electron chi connectivity index (χ1n) is 8.70. The van der Waals surface area contributed by atoms with Crippen LogP contribution in [0.4, 0.5) is 18.9 Å². The molecule has 0 radical (unpaired) electrons. The molecule has 1 heterocycles. The van der Waals surface area contributed by atoms with Crippen molar-refractivity contribution in [3.8, 4) is 5.75 Å². The van der Waals surface area contributed by atoms with Gasteiger partial charge in [-0.15, -0.1) is 10.2 Å². The molecule has 0 spiro atoms. The molecule has 0 bridgehead atoms. The van der Waals surface area contributed by atoms with Crippen LogP contribution in [0.2, 0.25) is 10.0 Å². The zero-order valence-corrected chi connectivity index (χ0v) is 18.2. The predicted molar refractivity (Wildman–Crippen MR) is 113 cm³/mol. The van der Waals surface area contributed by atoms with Crippen LogP contribution in [0.5, 0.6) is 5.75 Å². The lowest BCUT2D eigenvalue weighted by molar-refractivity contribution is -0.137. The van der Waals surface area contributed by atoms with Crippen molar-refractivity contribution in [3.63, 3.8) is 0 Å². The molecular weight excluding hydrogens is 476 g/mol. The van der Waals surface area contributed by atoms with E-state index in [1.165, 1.54) is 12.1 Å². The van der Waals surface area contributed by atoms with E-state index in [0.717, 1.165) is 23.9 Å². The lowest BCUT2D eigenvalue weighted by atomic mass is 10.2. The lowest BCUT2D eigenvalue weighted by Gasteiger charge is -2.10. The van der Waals surface area contributed by atoms with Gasteiger partial charge >= 0.3 is 6.18 Å². The molecule has 12 heteroatoms. The summed E-state index contributed by atoms with van der Waals surface area (Å²) in [6.07, 6.45) is -4.45. The number of rotatable bonds is 7. The zero-order chi connectivity index (χ0) is 22.6. The number of aromatic nitrogens is 3. The normalized spacial score (nSPS) is 11.4. The third kappa shape index (κ3) is 6.05. The van der Waals surface area contributed by atoms with Gasteiger partial charge in [0.25, 0.3) is 0 Å². The summed E-state index contributed by atoms with van der Waals surface area (Å²) in [6.45, 7) is -0.0876. The van der Waals surface area contributed by atoms with Crippen LogP contribution in [0.1, 0.15) is 11.4 Å². The quantitative estimate of drug-likeness (QED) is 0.446. The molecular formula is C19H15Cl2F3N4O2S. The standard InChI is InChI=1S/C19H15Cl2F3N4O2S/c1-28-15(9-30-12-5-2-4-11(8-12)19(22,23)24)26-27-18(28)31-10-16(29)25-14-7-3-6-13(20)17(14)21/h2-8H,9-10H2,1H3,(H,25,29). The second-order valence-electron chi connectivity index (χ2n) is 6.21. The van der Waals surface area contributed by atoms with Crippen LogP contribution in [0.3, 0.4) is 0 Å². The summed E-state index contributed by atoms with van der Waals surface area (Å²) in [5, 5.41) is 11.6. The number of hydrogen-bond donors (Lipinski definition) is 1. The molecule has 6 nitrogen and oxygen atoms in total. The van der Waals surface area contributed by atoms with Crippen LogP contribution in [0.15, 0.2) is 47.6 Å². The average Bonchev–Trinajstić information content (AvgIpc) is 3.07. The number of nitrogens with one attached hydrogen (secondary N) is 1. The molecule has 1 amide bonds. The fourth-order valence-corrected chi connectivity index (χ4v) is 3.50. The van der Waals surface area contributed by atoms with E-state index in [4.69, 9.17) is 27.9 Å². The number of anilines is 1. The van der Waals surface area contributed by atoms with E-state index >= 15 is 0 Å². The van der Waals surface area contributed by atoms with Crippen molar-refractivity contribution in [2.45, 2.75) is 17.9 Å². The molecule has 0 atom stereocenters. The van der Waals surface area contributed by atoms with Gasteiger partial charge in [-0.1, -0.05) is 47.1 Å². The molecule has 0 aliphatic heterocycles. The largest absolute Gasteiger partial charge is 0.486 e. The lowest BCUT2D eigenvalue weighted by Crippen LogP contribution is -2.15. The summed E-state index contributed by atoms with van der Waals surface area (Å²) in [5.74, 6) is 0.158. The van der Waals surface area contributed by atoms with E-state index in [-0.39, 0.29) is 29.0 Å². The summed E-state index contributed by atoms with van der Waals surface area (Å²) >= 11 is 13.1. The number of thioether (sulfide) groups is 1. The van der Waals surface area contributed by atoms with Gasteiger partial charge in [-0.3, -0.25) is 4.79 Å². The SMILES string of the molecule is Cn1c(COc2cccc(C(F)(F)F)c2)nnc1SCC(=O)Nc1cccc(Cl)c1Cl. The number of nitrogens with zero attached hydrogens (tertiary/aromatic N) is 3. The number of amides is 1. The number of benzene rings is 2. The maximum Gasteiger partial charge on any atom is 0.416 e. The molecule has 3 aromatic rings. The van der Waals surface area contributed by atoms with Gasteiger partial charge in [-0.05, 0) is 30.3 Å². The Balaban J connectivity index is 1.57. The number of carbonyl (C=O) groups is 1. The van der Waals surface area contributed by atoms with Crippen LogP contribution < -0.4 is 10.1 Å². The molecule has 1 aromatic heterocycles. The smallest absolute Gasteiger partial charge is 0.416 e. The third-order valence-corrected chi connectivity index (χ3v) is 5.85. The van der Waals surface area contributed by atoms with Crippen LogP contribution in [-0.4, -0.2) is 26.4 Å². The minimum Gasteiger partial charge on any atom is -0.486 e. The van der Waals surface area contributed by atoms with E-state index in [9.17, 15) is 18.0 Å². The number of alkyl halides is 3. The van der Waals surface area contributed by atoms with E-state index in [0.29, 0.717) is 21.7 Å². The Morgan fingerprint density at radius 3 is 2.68 bits per heavy atom. The van der Waals surface area contributed by atoms with E-state index < -0.39 is 11.7 Å². The van der Waals surface area contributed by atoms with Gasteiger partial charge < -0.3 is 14.6 Å². The summed E-state index contributed by atoms with van der Waals surface area (Å²) in [7, 11) is 1.67.